The summed E-state index contributed by atoms with van der Waals surface area (Å²) in [7, 11) is 0. The first-order valence-electron chi connectivity index (χ1n) is 17.8. The fourth-order valence-corrected chi connectivity index (χ4v) is 7.35. The number of fused-ring (bicyclic) bond motifs is 5. The lowest BCUT2D eigenvalue weighted by molar-refractivity contribution is 0.673. The second-order valence-corrected chi connectivity index (χ2v) is 13.2. The molecule has 4 nitrogen and oxygen atoms in total. The predicted molar refractivity (Wildman–Crippen MR) is 217 cm³/mol. The lowest BCUT2D eigenvalue weighted by Gasteiger charge is -2.14. The Bertz CT molecular complexity index is 2920. The van der Waals surface area contributed by atoms with Gasteiger partial charge in [0.1, 0.15) is 11.2 Å². The van der Waals surface area contributed by atoms with Crippen molar-refractivity contribution < 1.29 is 4.42 Å². The van der Waals surface area contributed by atoms with Crippen LogP contribution in [0.4, 0.5) is 0 Å². The predicted octanol–water partition coefficient (Wildman–Crippen LogP) is 12.9. The van der Waals surface area contributed by atoms with Gasteiger partial charge < -0.3 is 4.42 Å². The summed E-state index contributed by atoms with van der Waals surface area (Å²) in [6.07, 6.45) is 0. The first kappa shape index (κ1) is 30.6. The van der Waals surface area contributed by atoms with Gasteiger partial charge in [0.15, 0.2) is 17.5 Å². The minimum absolute atomic E-state index is 0.618. The largest absolute Gasteiger partial charge is 0.455 e. The van der Waals surface area contributed by atoms with Crippen LogP contribution in [0.2, 0.25) is 0 Å². The van der Waals surface area contributed by atoms with E-state index in [2.05, 4.69) is 140 Å². The number of nitrogens with zero attached hydrogens (tertiary/aromatic N) is 3. The second-order valence-electron chi connectivity index (χ2n) is 13.2. The molecule has 0 saturated heterocycles. The van der Waals surface area contributed by atoms with Gasteiger partial charge in [0.25, 0.3) is 0 Å². The Morgan fingerprint density at radius 3 is 1.51 bits per heavy atom. The molecule has 2 heterocycles. The zero-order chi connectivity index (χ0) is 35.1. The van der Waals surface area contributed by atoms with Gasteiger partial charge >= 0.3 is 0 Å². The molecule has 8 aromatic carbocycles. The van der Waals surface area contributed by atoms with Crippen molar-refractivity contribution in [3.05, 3.63) is 188 Å². The minimum Gasteiger partial charge on any atom is -0.455 e. The van der Waals surface area contributed by atoms with Crippen molar-refractivity contribution in [3.8, 4) is 67.5 Å². The smallest absolute Gasteiger partial charge is 0.164 e. The van der Waals surface area contributed by atoms with E-state index in [0.29, 0.717) is 17.5 Å². The molecule has 4 heteroatoms. The molecule has 2 aromatic heterocycles. The Kier molecular flexibility index (Phi) is 7.43. The van der Waals surface area contributed by atoms with Crippen LogP contribution in [-0.2, 0) is 0 Å². The van der Waals surface area contributed by atoms with E-state index in [1.165, 1.54) is 5.56 Å². The van der Waals surface area contributed by atoms with E-state index in [0.717, 1.165) is 77.2 Å². The third-order valence-electron chi connectivity index (χ3n) is 9.94. The minimum atomic E-state index is 0.618. The fourth-order valence-electron chi connectivity index (χ4n) is 7.35. The van der Waals surface area contributed by atoms with E-state index in [9.17, 15) is 0 Å². The van der Waals surface area contributed by atoms with Crippen LogP contribution in [0.25, 0.3) is 100 Å². The van der Waals surface area contributed by atoms with Gasteiger partial charge in [-0.25, -0.2) is 15.0 Å². The number of para-hydroxylation sites is 1. The van der Waals surface area contributed by atoms with Gasteiger partial charge in [-0.2, -0.15) is 0 Å². The fraction of sp³-hybridized carbons (Fsp3) is 0. The third kappa shape index (κ3) is 5.54. The summed E-state index contributed by atoms with van der Waals surface area (Å²) in [6, 6.07) is 65.1. The highest BCUT2D eigenvalue weighted by Crippen LogP contribution is 2.44. The van der Waals surface area contributed by atoms with Crippen molar-refractivity contribution >= 4 is 32.7 Å². The number of hydrogen-bond donors (Lipinski definition) is 0. The summed E-state index contributed by atoms with van der Waals surface area (Å²) in [5.41, 5.74) is 11.3. The Hall–Kier alpha value is -7.17. The summed E-state index contributed by atoms with van der Waals surface area (Å²) >= 11 is 0. The molecule has 0 bridgehead atoms. The van der Waals surface area contributed by atoms with E-state index >= 15 is 0 Å². The van der Waals surface area contributed by atoms with Crippen LogP contribution in [0.3, 0.4) is 0 Å². The number of hydrogen-bond acceptors (Lipinski definition) is 4. The van der Waals surface area contributed by atoms with Gasteiger partial charge in [0, 0.05) is 32.8 Å². The summed E-state index contributed by atoms with van der Waals surface area (Å²) < 4.78 is 6.63. The molecule has 0 unspecified atom stereocenters. The standard InChI is InChI=1S/C49H31N3O/c1-4-14-32(15-5-1)33-26-28-36(29-27-33)48-50-47(35-18-8-3-9-19-35)51-49(52-48)38-21-12-20-37(30-38)42-31-43-40-22-10-11-25-44(40)53-46(43)45-39(23-13-24-41(42)45)34-16-6-2-7-17-34/h1-31H. The molecule has 10 aromatic rings. The van der Waals surface area contributed by atoms with Gasteiger partial charge in [-0.3, -0.25) is 0 Å². The SMILES string of the molecule is c1ccc(-c2ccc(-c3nc(-c4ccccc4)nc(-c4cccc(-c5cc6c7ccccc7oc6c6c(-c7ccccc7)cccc56)c4)n3)cc2)cc1. The molecule has 10 rings (SSSR count). The highest BCUT2D eigenvalue weighted by atomic mass is 16.3. The highest BCUT2D eigenvalue weighted by molar-refractivity contribution is 6.22. The maximum absolute atomic E-state index is 6.63. The van der Waals surface area contributed by atoms with Crippen LogP contribution in [0.5, 0.6) is 0 Å². The topological polar surface area (TPSA) is 51.8 Å². The van der Waals surface area contributed by atoms with Crippen LogP contribution < -0.4 is 0 Å². The summed E-state index contributed by atoms with van der Waals surface area (Å²) in [4.78, 5) is 15.1. The Morgan fingerprint density at radius 2 is 0.792 bits per heavy atom. The van der Waals surface area contributed by atoms with Crippen molar-refractivity contribution in [2.24, 2.45) is 0 Å². The molecule has 53 heavy (non-hydrogen) atoms. The average molecular weight is 678 g/mol. The first-order chi connectivity index (χ1) is 26.3. The van der Waals surface area contributed by atoms with Crippen LogP contribution >= 0.6 is 0 Å². The van der Waals surface area contributed by atoms with Gasteiger partial charge in [-0.1, -0.05) is 170 Å². The summed E-state index contributed by atoms with van der Waals surface area (Å²) in [5, 5.41) is 4.40. The van der Waals surface area contributed by atoms with E-state index in [-0.39, 0.29) is 0 Å². The lowest BCUT2D eigenvalue weighted by Crippen LogP contribution is -2.00. The Labute approximate surface area is 306 Å². The van der Waals surface area contributed by atoms with Crippen molar-refractivity contribution in [2.75, 3.05) is 0 Å². The van der Waals surface area contributed by atoms with Gasteiger partial charge in [-0.05, 0) is 57.0 Å². The molecule has 0 saturated carbocycles. The van der Waals surface area contributed by atoms with Crippen molar-refractivity contribution in [2.45, 2.75) is 0 Å². The van der Waals surface area contributed by atoms with Gasteiger partial charge in [0.2, 0.25) is 0 Å². The molecule has 0 aliphatic carbocycles. The second kappa shape index (κ2) is 12.9. The molecule has 0 atom stereocenters. The summed E-state index contributed by atoms with van der Waals surface area (Å²) in [5.74, 6) is 1.88. The zero-order valence-electron chi connectivity index (χ0n) is 28.6. The molecule has 0 amide bonds. The van der Waals surface area contributed by atoms with Crippen LogP contribution in [0, 0.1) is 0 Å². The van der Waals surface area contributed by atoms with Gasteiger partial charge in [-0.15, -0.1) is 0 Å². The van der Waals surface area contributed by atoms with Crippen LogP contribution in [0.1, 0.15) is 0 Å². The lowest BCUT2D eigenvalue weighted by atomic mass is 9.90. The van der Waals surface area contributed by atoms with Crippen molar-refractivity contribution in [1.82, 2.24) is 15.0 Å². The first-order valence-corrected chi connectivity index (χ1v) is 17.8. The molecule has 0 radical (unpaired) electrons. The Morgan fingerprint density at radius 1 is 0.302 bits per heavy atom. The third-order valence-corrected chi connectivity index (χ3v) is 9.94. The quantitative estimate of drug-likeness (QED) is 0.176. The molecule has 0 aliphatic rings. The number of furan rings is 1. The van der Waals surface area contributed by atoms with E-state index in [1.54, 1.807) is 0 Å². The Balaban J connectivity index is 1.16. The van der Waals surface area contributed by atoms with Crippen molar-refractivity contribution in [1.29, 1.82) is 0 Å². The molecule has 248 valence electrons. The molecular weight excluding hydrogens is 647 g/mol. The van der Waals surface area contributed by atoms with E-state index in [1.807, 2.05) is 48.5 Å². The highest BCUT2D eigenvalue weighted by Gasteiger charge is 2.19. The average Bonchev–Trinajstić information content (AvgIpc) is 3.63. The maximum atomic E-state index is 6.63. The molecule has 0 spiro atoms. The maximum Gasteiger partial charge on any atom is 0.164 e. The molecule has 0 aliphatic heterocycles. The number of rotatable bonds is 6. The van der Waals surface area contributed by atoms with Gasteiger partial charge in [0.05, 0.1) is 0 Å². The van der Waals surface area contributed by atoms with E-state index < -0.39 is 0 Å². The monoisotopic (exact) mass is 677 g/mol. The normalized spacial score (nSPS) is 11.4. The molecule has 0 fully saturated rings. The van der Waals surface area contributed by atoms with Crippen LogP contribution in [0.15, 0.2) is 192 Å². The molecule has 0 N–H and O–H groups in total. The van der Waals surface area contributed by atoms with Crippen molar-refractivity contribution in [3.63, 3.8) is 0 Å². The molecular formula is C49H31N3O. The summed E-state index contributed by atoms with van der Waals surface area (Å²) in [6.45, 7) is 0. The van der Waals surface area contributed by atoms with E-state index in [4.69, 9.17) is 19.4 Å². The number of aromatic nitrogens is 3. The number of benzene rings is 8. The van der Waals surface area contributed by atoms with Crippen LogP contribution in [-0.4, -0.2) is 15.0 Å². The zero-order valence-corrected chi connectivity index (χ0v) is 28.6.